The van der Waals surface area contributed by atoms with Gasteiger partial charge in [0.25, 0.3) is 6.26 Å². The maximum atomic E-state index is 12.0. The third-order valence-electron chi connectivity index (χ3n) is 2.56. The van der Waals surface area contributed by atoms with Crippen LogP contribution in [0.5, 0.6) is 0 Å². The van der Waals surface area contributed by atoms with E-state index in [-0.39, 0.29) is 5.56 Å². The van der Waals surface area contributed by atoms with E-state index in [0.717, 1.165) is 11.1 Å². The Morgan fingerprint density at radius 1 is 1.47 bits per heavy atom. The van der Waals surface area contributed by atoms with E-state index in [1.807, 2.05) is 0 Å². The van der Waals surface area contributed by atoms with Gasteiger partial charge >= 0.3 is 12.6 Å². The number of ether oxygens (including phenoxy) is 2. The van der Waals surface area contributed by atoms with Crippen molar-refractivity contribution in [2.45, 2.75) is 33.0 Å². The van der Waals surface area contributed by atoms with E-state index in [0.29, 0.717) is 6.42 Å². The molecule has 1 unspecified atom stereocenters. The van der Waals surface area contributed by atoms with Crippen LogP contribution in [0.4, 0.5) is 8.78 Å². The van der Waals surface area contributed by atoms with Crippen molar-refractivity contribution in [1.82, 2.24) is 0 Å². The van der Waals surface area contributed by atoms with Crippen LogP contribution in [0, 0.1) is 18.4 Å². The van der Waals surface area contributed by atoms with E-state index < -0.39 is 18.7 Å². The number of hydrogen-bond acceptors (Lipinski definition) is 4. The number of alkyl halides is 2. The van der Waals surface area contributed by atoms with Crippen molar-refractivity contribution in [1.29, 1.82) is 5.26 Å². The molecule has 0 N–H and O–H groups in total. The summed E-state index contributed by atoms with van der Waals surface area (Å²) in [6.07, 6.45) is 0.981. The maximum Gasteiger partial charge on any atom is 0.353 e. The molecule has 0 aliphatic carbocycles. The number of hydrogen-bond donors (Lipinski definition) is 0. The second-order valence-corrected chi connectivity index (χ2v) is 4.03. The monoisotopic (exact) mass is 269 g/mol. The SMILES string of the molecule is Cc1cc(C(=O)OC#N)ccc1CC(C)OC(F)F. The van der Waals surface area contributed by atoms with Gasteiger partial charge in [-0.2, -0.15) is 8.78 Å². The minimum absolute atomic E-state index is 0.241. The summed E-state index contributed by atoms with van der Waals surface area (Å²) in [6, 6.07) is 4.66. The number of nitrogens with zero attached hydrogens (tertiary/aromatic N) is 1. The number of rotatable bonds is 5. The van der Waals surface area contributed by atoms with Crippen molar-refractivity contribution in [2.75, 3.05) is 0 Å². The van der Waals surface area contributed by atoms with Gasteiger partial charge in [0.1, 0.15) is 0 Å². The van der Waals surface area contributed by atoms with Crippen LogP contribution in [-0.4, -0.2) is 18.7 Å². The Bertz CT molecular complexity index is 497. The molecule has 19 heavy (non-hydrogen) atoms. The van der Waals surface area contributed by atoms with Gasteiger partial charge in [-0.05, 0) is 43.5 Å². The average molecular weight is 269 g/mol. The Morgan fingerprint density at radius 3 is 2.68 bits per heavy atom. The van der Waals surface area contributed by atoms with Gasteiger partial charge in [0.15, 0.2) is 0 Å². The highest BCUT2D eigenvalue weighted by molar-refractivity contribution is 5.90. The fraction of sp³-hybridized carbons (Fsp3) is 0.385. The van der Waals surface area contributed by atoms with Gasteiger partial charge in [-0.25, -0.2) is 4.79 Å². The topological polar surface area (TPSA) is 59.3 Å². The molecule has 0 spiro atoms. The minimum atomic E-state index is -2.81. The van der Waals surface area contributed by atoms with E-state index in [1.54, 1.807) is 26.0 Å². The predicted octanol–water partition coefficient (Wildman–Crippen LogP) is 2.80. The van der Waals surface area contributed by atoms with Crippen molar-refractivity contribution in [3.05, 3.63) is 34.9 Å². The molecule has 1 atom stereocenters. The third kappa shape index (κ3) is 4.64. The Hall–Kier alpha value is -2.00. The number of carbonyl (C=O) groups excluding carboxylic acids is 1. The molecule has 1 rings (SSSR count). The molecule has 0 radical (unpaired) electrons. The van der Waals surface area contributed by atoms with Crippen LogP contribution in [-0.2, 0) is 15.9 Å². The lowest BCUT2D eigenvalue weighted by Gasteiger charge is -2.14. The summed E-state index contributed by atoms with van der Waals surface area (Å²) in [4.78, 5) is 11.3. The van der Waals surface area contributed by atoms with Gasteiger partial charge in [0.2, 0.25) is 0 Å². The van der Waals surface area contributed by atoms with Crippen LogP contribution in [0.2, 0.25) is 0 Å². The number of aryl methyl sites for hydroxylation is 1. The van der Waals surface area contributed by atoms with Crippen LogP contribution in [0.1, 0.15) is 28.4 Å². The summed E-state index contributed by atoms with van der Waals surface area (Å²) >= 11 is 0. The lowest BCUT2D eigenvalue weighted by molar-refractivity contribution is -0.157. The normalized spacial score (nSPS) is 12.0. The van der Waals surface area contributed by atoms with E-state index in [2.05, 4.69) is 9.47 Å². The first kappa shape index (κ1) is 15.1. The average Bonchev–Trinajstić information content (AvgIpc) is 2.31. The molecular weight excluding hydrogens is 256 g/mol. The zero-order chi connectivity index (χ0) is 14.4. The molecule has 0 aromatic heterocycles. The van der Waals surface area contributed by atoms with Crippen LogP contribution >= 0.6 is 0 Å². The minimum Gasteiger partial charge on any atom is -0.347 e. The maximum absolute atomic E-state index is 12.0. The van der Waals surface area contributed by atoms with Gasteiger partial charge in [-0.15, -0.1) is 5.26 Å². The molecule has 0 bridgehead atoms. The highest BCUT2D eigenvalue weighted by Gasteiger charge is 2.14. The van der Waals surface area contributed by atoms with Gasteiger partial charge < -0.3 is 9.47 Å². The molecule has 0 heterocycles. The quantitative estimate of drug-likeness (QED) is 0.609. The first-order valence-corrected chi connectivity index (χ1v) is 5.57. The van der Waals surface area contributed by atoms with Gasteiger partial charge in [0, 0.05) is 0 Å². The third-order valence-corrected chi connectivity index (χ3v) is 2.56. The Balaban J connectivity index is 2.78. The van der Waals surface area contributed by atoms with Crippen molar-refractivity contribution < 1.29 is 23.0 Å². The summed E-state index contributed by atoms with van der Waals surface area (Å²) in [5.41, 5.74) is 1.78. The zero-order valence-corrected chi connectivity index (χ0v) is 10.5. The molecule has 0 fully saturated rings. The van der Waals surface area contributed by atoms with Crippen molar-refractivity contribution in [2.24, 2.45) is 0 Å². The zero-order valence-electron chi connectivity index (χ0n) is 10.5. The highest BCUT2D eigenvalue weighted by atomic mass is 19.3. The second-order valence-electron chi connectivity index (χ2n) is 4.03. The first-order valence-electron chi connectivity index (χ1n) is 5.57. The molecule has 0 saturated heterocycles. The van der Waals surface area contributed by atoms with Crippen LogP contribution in [0.25, 0.3) is 0 Å². The number of nitriles is 1. The summed E-state index contributed by atoms with van der Waals surface area (Å²) in [7, 11) is 0. The van der Waals surface area contributed by atoms with E-state index >= 15 is 0 Å². The van der Waals surface area contributed by atoms with Crippen LogP contribution in [0.15, 0.2) is 18.2 Å². The molecular formula is C13H13F2NO3. The van der Waals surface area contributed by atoms with Gasteiger partial charge in [-0.3, -0.25) is 0 Å². The summed E-state index contributed by atoms with van der Waals surface area (Å²) in [5, 5.41) is 8.24. The molecule has 4 nitrogen and oxygen atoms in total. The van der Waals surface area contributed by atoms with Gasteiger partial charge in [0.05, 0.1) is 11.7 Å². The Labute approximate surface area is 109 Å². The van der Waals surface area contributed by atoms with Crippen molar-refractivity contribution >= 4 is 5.97 Å². The number of esters is 1. The van der Waals surface area contributed by atoms with Crippen molar-refractivity contribution in [3.8, 4) is 6.26 Å². The number of benzene rings is 1. The molecule has 0 saturated carbocycles. The largest absolute Gasteiger partial charge is 0.353 e. The molecule has 102 valence electrons. The standard InChI is InChI=1S/C13H13F2NO3/c1-8-5-11(12(17)18-7-16)4-3-10(8)6-9(2)19-13(14)15/h3-5,9,13H,6H2,1-2H3. The fourth-order valence-corrected chi connectivity index (χ4v) is 1.69. The fourth-order valence-electron chi connectivity index (χ4n) is 1.69. The number of carbonyl (C=O) groups is 1. The van der Waals surface area contributed by atoms with Crippen LogP contribution in [0.3, 0.4) is 0 Å². The lowest BCUT2D eigenvalue weighted by atomic mass is 10.0. The first-order chi connectivity index (χ1) is 8.93. The highest BCUT2D eigenvalue weighted by Crippen LogP contribution is 2.16. The Kier molecular flexibility index (Phi) is 5.39. The summed E-state index contributed by atoms with van der Waals surface area (Å²) < 4.78 is 32.6. The molecule has 0 amide bonds. The summed E-state index contributed by atoms with van der Waals surface area (Å²) in [6.45, 7) is 0.483. The molecule has 1 aromatic rings. The molecule has 1 aromatic carbocycles. The lowest BCUT2D eigenvalue weighted by Crippen LogP contribution is -2.16. The number of halogens is 2. The summed E-state index contributed by atoms with van der Waals surface area (Å²) in [5.74, 6) is -0.742. The van der Waals surface area contributed by atoms with E-state index in [4.69, 9.17) is 5.26 Å². The molecule has 6 heteroatoms. The second kappa shape index (κ2) is 6.81. The molecule has 0 aliphatic rings. The van der Waals surface area contributed by atoms with Crippen LogP contribution < -0.4 is 0 Å². The smallest absolute Gasteiger partial charge is 0.347 e. The molecule has 0 aliphatic heterocycles. The van der Waals surface area contributed by atoms with E-state index in [9.17, 15) is 13.6 Å². The predicted molar refractivity (Wildman–Crippen MR) is 62.5 cm³/mol. The Morgan fingerprint density at radius 2 is 2.16 bits per heavy atom. The van der Waals surface area contributed by atoms with Gasteiger partial charge in [-0.1, -0.05) is 6.07 Å². The van der Waals surface area contributed by atoms with Crippen molar-refractivity contribution in [3.63, 3.8) is 0 Å². The van der Waals surface area contributed by atoms with E-state index in [1.165, 1.54) is 12.3 Å².